The third-order valence-corrected chi connectivity index (χ3v) is 3.39. The fraction of sp³-hybridized carbons (Fsp3) is 0.143. The van der Waals surface area contributed by atoms with Crippen LogP contribution in [-0.2, 0) is 6.61 Å². The second kappa shape index (κ2) is 6.45. The molecule has 0 spiro atoms. The quantitative estimate of drug-likeness (QED) is 0.468. The molecule has 0 atom stereocenters. The predicted molar refractivity (Wildman–Crippen MR) is 79.5 cm³/mol. The highest BCUT2D eigenvalue weighted by molar-refractivity contribution is 9.10. The number of pyridine rings is 1. The summed E-state index contributed by atoms with van der Waals surface area (Å²) in [4.78, 5) is 25.3. The summed E-state index contributed by atoms with van der Waals surface area (Å²) < 4.78 is 6.24. The molecule has 0 radical (unpaired) electrons. The molecule has 1 aromatic heterocycles. The van der Waals surface area contributed by atoms with E-state index in [0.29, 0.717) is 27.6 Å². The first-order valence-electron chi connectivity index (χ1n) is 5.99. The Kier molecular flexibility index (Phi) is 4.64. The van der Waals surface area contributed by atoms with Gasteiger partial charge in [-0.05, 0) is 34.5 Å². The van der Waals surface area contributed by atoms with Crippen LogP contribution in [0.3, 0.4) is 0 Å². The van der Waals surface area contributed by atoms with Crippen LogP contribution in [0.15, 0.2) is 34.9 Å². The number of halogens is 1. The molecular formula is C14H11BrN2O4. The number of nitro groups is 1. The van der Waals surface area contributed by atoms with Crippen molar-refractivity contribution in [3.8, 4) is 5.75 Å². The van der Waals surface area contributed by atoms with E-state index in [0.717, 1.165) is 0 Å². The lowest BCUT2D eigenvalue weighted by molar-refractivity contribution is -0.385. The van der Waals surface area contributed by atoms with Crippen molar-refractivity contribution in [2.45, 2.75) is 13.5 Å². The lowest BCUT2D eigenvalue weighted by Crippen LogP contribution is -2.03. The zero-order valence-electron chi connectivity index (χ0n) is 11.1. The fourth-order valence-corrected chi connectivity index (χ4v) is 2.13. The summed E-state index contributed by atoms with van der Waals surface area (Å²) in [5.41, 5.74) is 1.44. The van der Waals surface area contributed by atoms with Gasteiger partial charge in [-0.2, -0.15) is 0 Å². The number of hydrogen-bond acceptors (Lipinski definition) is 5. The minimum absolute atomic E-state index is 0.0408. The van der Waals surface area contributed by atoms with Gasteiger partial charge < -0.3 is 4.74 Å². The zero-order valence-corrected chi connectivity index (χ0v) is 12.7. The lowest BCUT2D eigenvalue weighted by Gasteiger charge is -2.10. The molecule has 0 aliphatic rings. The number of ether oxygens (including phenoxy) is 1. The molecule has 0 fully saturated rings. The third kappa shape index (κ3) is 3.43. The van der Waals surface area contributed by atoms with Crippen LogP contribution in [0.1, 0.15) is 21.6 Å². The molecule has 1 heterocycles. The Morgan fingerprint density at radius 2 is 2.24 bits per heavy atom. The largest absolute Gasteiger partial charge is 0.486 e. The maximum absolute atomic E-state index is 10.9. The average Bonchev–Trinajstić information content (AvgIpc) is 2.46. The number of aldehydes is 1. The summed E-state index contributed by atoms with van der Waals surface area (Å²) in [7, 11) is 0. The van der Waals surface area contributed by atoms with Crippen LogP contribution in [0.5, 0.6) is 5.75 Å². The van der Waals surface area contributed by atoms with Crippen molar-refractivity contribution in [1.82, 2.24) is 4.98 Å². The Hall–Kier alpha value is -2.28. The van der Waals surface area contributed by atoms with E-state index in [1.807, 2.05) is 0 Å². The first-order valence-corrected chi connectivity index (χ1v) is 6.78. The van der Waals surface area contributed by atoms with E-state index in [-0.39, 0.29) is 18.0 Å². The number of benzene rings is 1. The average molecular weight is 351 g/mol. The van der Waals surface area contributed by atoms with Gasteiger partial charge in [0.2, 0.25) is 0 Å². The third-order valence-electron chi connectivity index (χ3n) is 2.96. The number of carbonyl (C=O) groups excluding carboxylic acids is 1. The highest BCUT2D eigenvalue weighted by Crippen LogP contribution is 2.24. The van der Waals surface area contributed by atoms with Gasteiger partial charge in [-0.1, -0.05) is 12.1 Å². The van der Waals surface area contributed by atoms with Crippen LogP contribution in [-0.4, -0.2) is 16.2 Å². The van der Waals surface area contributed by atoms with Crippen molar-refractivity contribution in [3.63, 3.8) is 0 Å². The van der Waals surface area contributed by atoms with Gasteiger partial charge in [0.25, 0.3) is 5.69 Å². The summed E-state index contributed by atoms with van der Waals surface area (Å²) in [6.45, 7) is 1.78. The highest BCUT2D eigenvalue weighted by Gasteiger charge is 2.14. The minimum atomic E-state index is -0.434. The van der Waals surface area contributed by atoms with Crippen molar-refractivity contribution in [1.29, 1.82) is 0 Å². The zero-order chi connectivity index (χ0) is 15.4. The van der Waals surface area contributed by atoms with Crippen LogP contribution < -0.4 is 4.74 Å². The van der Waals surface area contributed by atoms with Gasteiger partial charge in [0.15, 0.2) is 6.29 Å². The predicted octanol–water partition coefficient (Wildman–Crippen LogP) is 3.45. The molecular weight excluding hydrogens is 340 g/mol. The Bertz CT molecular complexity index is 703. The first-order chi connectivity index (χ1) is 10.0. The molecule has 0 unspecified atom stereocenters. The van der Waals surface area contributed by atoms with Gasteiger partial charge in [-0.15, -0.1) is 0 Å². The van der Waals surface area contributed by atoms with Crippen molar-refractivity contribution in [2.24, 2.45) is 0 Å². The Balaban J connectivity index is 2.25. The van der Waals surface area contributed by atoms with E-state index in [1.54, 1.807) is 25.1 Å². The number of nitro benzene ring substituents is 1. The maximum Gasteiger partial charge on any atom is 0.272 e. The van der Waals surface area contributed by atoms with E-state index in [9.17, 15) is 14.9 Å². The molecule has 6 nitrogen and oxygen atoms in total. The first kappa shape index (κ1) is 15.1. The molecule has 0 aliphatic carbocycles. The molecule has 2 rings (SSSR count). The molecule has 21 heavy (non-hydrogen) atoms. The number of carbonyl (C=O) groups is 1. The second-order valence-corrected chi connectivity index (χ2v) is 5.18. The smallest absolute Gasteiger partial charge is 0.272 e. The Morgan fingerprint density at radius 3 is 2.90 bits per heavy atom. The van der Waals surface area contributed by atoms with Crippen molar-refractivity contribution < 1.29 is 14.5 Å². The molecule has 7 heteroatoms. The van der Waals surface area contributed by atoms with Gasteiger partial charge in [0.05, 0.1) is 4.92 Å². The van der Waals surface area contributed by atoms with Crippen LogP contribution >= 0.6 is 15.9 Å². The summed E-state index contributed by atoms with van der Waals surface area (Å²) >= 11 is 3.25. The summed E-state index contributed by atoms with van der Waals surface area (Å²) in [6, 6.07) is 6.41. The maximum atomic E-state index is 10.9. The molecule has 0 bridgehead atoms. The number of nitrogens with zero attached hydrogens (tertiary/aromatic N) is 2. The summed E-state index contributed by atoms with van der Waals surface area (Å²) in [6.07, 6.45) is 2.09. The van der Waals surface area contributed by atoms with Crippen LogP contribution in [0, 0.1) is 17.0 Å². The molecule has 0 amide bonds. The van der Waals surface area contributed by atoms with E-state index in [2.05, 4.69) is 20.9 Å². The van der Waals surface area contributed by atoms with E-state index < -0.39 is 4.92 Å². The topological polar surface area (TPSA) is 82.3 Å². The van der Waals surface area contributed by atoms with Crippen LogP contribution in [0.2, 0.25) is 0 Å². The monoisotopic (exact) mass is 350 g/mol. The molecule has 0 saturated carbocycles. The van der Waals surface area contributed by atoms with Gasteiger partial charge in [-0.3, -0.25) is 14.9 Å². The standard InChI is InChI=1S/C14H11BrN2O4/c1-9-10(3-2-4-13(9)17(19)20)8-21-14-5-11(15)6-16-12(14)7-18/h2-7H,8H2,1H3. The van der Waals surface area contributed by atoms with Crippen LogP contribution in [0.4, 0.5) is 5.69 Å². The molecule has 1 aromatic carbocycles. The summed E-state index contributed by atoms with van der Waals surface area (Å²) in [5.74, 6) is 0.324. The van der Waals surface area contributed by atoms with Crippen molar-refractivity contribution in [2.75, 3.05) is 0 Å². The fourth-order valence-electron chi connectivity index (χ4n) is 1.81. The van der Waals surface area contributed by atoms with Crippen LogP contribution in [0.25, 0.3) is 0 Å². The molecule has 2 aromatic rings. The second-order valence-electron chi connectivity index (χ2n) is 4.26. The van der Waals surface area contributed by atoms with E-state index >= 15 is 0 Å². The highest BCUT2D eigenvalue weighted by atomic mass is 79.9. The van der Waals surface area contributed by atoms with Gasteiger partial charge in [0.1, 0.15) is 18.1 Å². The number of hydrogen-bond donors (Lipinski definition) is 0. The molecule has 0 N–H and O–H groups in total. The Labute approximate surface area is 129 Å². The van der Waals surface area contributed by atoms with E-state index in [4.69, 9.17) is 4.74 Å². The van der Waals surface area contributed by atoms with Gasteiger partial charge in [-0.25, -0.2) is 4.98 Å². The molecule has 108 valence electrons. The van der Waals surface area contributed by atoms with Crippen molar-refractivity contribution >= 4 is 27.9 Å². The van der Waals surface area contributed by atoms with Crippen molar-refractivity contribution in [3.05, 3.63) is 61.9 Å². The lowest BCUT2D eigenvalue weighted by atomic mass is 10.1. The molecule has 0 aliphatic heterocycles. The number of rotatable bonds is 5. The van der Waals surface area contributed by atoms with E-state index in [1.165, 1.54) is 12.3 Å². The van der Waals surface area contributed by atoms with Gasteiger partial charge >= 0.3 is 0 Å². The minimum Gasteiger partial charge on any atom is -0.486 e. The van der Waals surface area contributed by atoms with Gasteiger partial charge in [0, 0.05) is 22.3 Å². The normalized spacial score (nSPS) is 10.2. The molecule has 0 saturated heterocycles. The number of aromatic nitrogens is 1. The Morgan fingerprint density at radius 1 is 1.48 bits per heavy atom. The SMILES string of the molecule is Cc1c(COc2cc(Br)cnc2C=O)cccc1[N+](=O)[O-]. The summed E-state index contributed by atoms with van der Waals surface area (Å²) in [5, 5.41) is 10.9.